The molecule has 0 aliphatic rings. The average molecular weight is 478 g/mol. The SMILES string of the molecule is [CH3][Ge]([CH3])([CH3])[c]1ccc(C(=O)O)cc1.[CH3][Ge]([CH3])([CH3])[c]1ccc(C(=O)O)cc1. The summed E-state index contributed by atoms with van der Waals surface area (Å²) in [5.41, 5.74) is 0.741. The Labute approximate surface area is 161 Å². The second-order valence-electron chi connectivity index (χ2n) is 8.27. The van der Waals surface area contributed by atoms with Crippen molar-refractivity contribution in [1.29, 1.82) is 0 Å². The van der Waals surface area contributed by atoms with Crippen LogP contribution in [0.5, 0.6) is 0 Å². The van der Waals surface area contributed by atoms with E-state index in [4.69, 9.17) is 10.2 Å². The topological polar surface area (TPSA) is 74.6 Å². The molecule has 0 saturated carbocycles. The summed E-state index contributed by atoms with van der Waals surface area (Å²) < 4.78 is 2.68. The van der Waals surface area contributed by atoms with E-state index in [0.29, 0.717) is 11.1 Å². The van der Waals surface area contributed by atoms with Gasteiger partial charge >= 0.3 is 161 Å². The van der Waals surface area contributed by atoms with Crippen LogP contribution in [0.2, 0.25) is 34.5 Å². The van der Waals surface area contributed by atoms with Gasteiger partial charge < -0.3 is 0 Å². The van der Waals surface area contributed by atoms with Crippen LogP contribution < -0.4 is 8.79 Å². The fourth-order valence-electron chi connectivity index (χ4n) is 2.23. The van der Waals surface area contributed by atoms with Crippen molar-refractivity contribution in [2.24, 2.45) is 0 Å². The maximum absolute atomic E-state index is 10.6. The van der Waals surface area contributed by atoms with Gasteiger partial charge in [-0.3, -0.25) is 0 Å². The molecule has 0 aromatic heterocycles. The average Bonchev–Trinajstić information content (AvgIpc) is 2.54. The Bertz CT molecular complexity index is 685. The Morgan fingerprint density at radius 3 is 0.962 bits per heavy atom. The van der Waals surface area contributed by atoms with Crippen molar-refractivity contribution in [2.75, 3.05) is 0 Å². The molecule has 0 bridgehead atoms. The third kappa shape index (κ3) is 7.00. The van der Waals surface area contributed by atoms with Crippen LogP contribution in [0, 0.1) is 0 Å². The van der Waals surface area contributed by atoms with E-state index < -0.39 is 38.5 Å². The summed E-state index contributed by atoms with van der Waals surface area (Å²) in [5.74, 6) is 12.0. The summed E-state index contributed by atoms with van der Waals surface area (Å²) in [4.78, 5) is 21.2. The van der Waals surface area contributed by atoms with Gasteiger partial charge in [-0.1, -0.05) is 0 Å². The molecule has 2 aromatic rings. The fraction of sp³-hybridized carbons (Fsp3) is 0.300. The number of rotatable bonds is 4. The second-order valence-corrected chi connectivity index (χ2v) is 29.6. The Kier molecular flexibility index (Phi) is 7.71. The fourth-order valence-corrected chi connectivity index (χ4v) is 7.12. The molecule has 0 aliphatic heterocycles. The maximum atomic E-state index is 10.6. The molecule has 140 valence electrons. The molecular formula is C20H28Ge2O4. The molecule has 0 amide bonds. The summed E-state index contributed by atoms with van der Waals surface area (Å²) in [6.45, 7) is 0. The van der Waals surface area contributed by atoms with E-state index in [0.717, 1.165) is 0 Å². The molecule has 26 heavy (non-hydrogen) atoms. The Morgan fingerprint density at radius 1 is 0.577 bits per heavy atom. The van der Waals surface area contributed by atoms with Crippen LogP contribution in [-0.4, -0.2) is 48.7 Å². The minimum atomic E-state index is -1.76. The zero-order valence-corrected chi connectivity index (χ0v) is 20.5. The molecule has 2 N–H and O–H groups in total. The van der Waals surface area contributed by atoms with Crippen LogP contribution in [0.1, 0.15) is 20.7 Å². The van der Waals surface area contributed by atoms with Crippen molar-refractivity contribution in [3.8, 4) is 0 Å². The summed E-state index contributed by atoms with van der Waals surface area (Å²) in [6, 6.07) is 14.5. The van der Waals surface area contributed by atoms with Gasteiger partial charge in [0.05, 0.1) is 0 Å². The Balaban J connectivity index is 0.000000260. The number of carboxylic acids is 2. The van der Waals surface area contributed by atoms with Gasteiger partial charge in [-0.2, -0.15) is 0 Å². The van der Waals surface area contributed by atoms with Gasteiger partial charge in [0.25, 0.3) is 0 Å². The quantitative estimate of drug-likeness (QED) is 0.656. The first-order valence-electron chi connectivity index (χ1n) is 8.50. The minimum absolute atomic E-state index is 0.371. The molecule has 0 radical (unpaired) electrons. The first kappa shape index (κ1) is 22.5. The number of aromatic carboxylic acids is 2. The van der Waals surface area contributed by atoms with E-state index in [1.54, 1.807) is 24.3 Å². The summed E-state index contributed by atoms with van der Waals surface area (Å²) in [6.07, 6.45) is 0. The van der Waals surface area contributed by atoms with Gasteiger partial charge in [-0.25, -0.2) is 0 Å². The van der Waals surface area contributed by atoms with E-state index in [1.807, 2.05) is 24.3 Å². The number of carboxylic acid groups (broad SMARTS) is 2. The second kappa shape index (κ2) is 8.91. The zero-order chi connectivity index (χ0) is 20.1. The van der Waals surface area contributed by atoms with Gasteiger partial charge in [0.15, 0.2) is 0 Å². The van der Waals surface area contributed by atoms with Crippen LogP contribution in [-0.2, 0) is 0 Å². The molecule has 0 saturated heterocycles. The number of carbonyl (C=O) groups is 2. The first-order valence-corrected chi connectivity index (χ1v) is 23.2. The Morgan fingerprint density at radius 2 is 0.808 bits per heavy atom. The number of benzene rings is 2. The predicted molar refractivity (Wildman–Crippen MR) is 113 cm³/mol. The van der Waals surface area contributed by atoms with Crippen molar-refractivity contribution < 1.29 is 19.8 Å². The first-order chi connectivity index (χ1) is 11.8. The van der Waals surface area contributed by atoms with Crippen LogP contribution in [0.3, 0.4) is 0 Å². The monoisotopic (exact) mass is 480 g/mol. The number of hydrogen-bond acceptors (Lipinski definition) is 2. The summed E-state index contributed by atoms with van der Waals surface area (Å²) in [7, 11) is 0. The predicted octanol–water partition coefficient (Wildman–Crippen LogP) is 3.86. The van der Waals surface area contributed by atoms with Crippen molar-refractivity contribution in [2.45, 2.75) is 34.5 Å². The molecular weight excluding hydrogens is 449 g/mol. The summed E-state index contributed by atoms with van der Waals surface area (Å²) >= 11 is -3.52. The molecule has 0 heterocycles. The van der Waals surface area contributed by atoms with Crippen LogP contribution >= 0.6 is 0 Å². The van der Waals surface area contributed by atoms with Crippen molar-refractivity contribution in [1.82, 2.24) is 0 Å². The number of hydrogen-bond donors (Lipinski definition) is 2. The van der Waals surface area contributed by atoms with Crippen LogP contribution in [0.25, 0.3) is 0 Å². The van der Waals surface area contributed by atoms with Crippen LogP contribution in [0.15, 0.2) is 48.5 Å². The van der Waals surface area contributed by atoms with E-state index in [-0.39, 0.29) is 0 Å². The third-order valence-corrected chi connectivity index (χ3v) is 12.7. The molecule has 2 aromatic carbocycles. The van der Waals surface area contributed by atoms with Gasteiger partial charge in [-0.15, -0.1) is 0 Å². The zero-order valence-electron chi connectivity index (χ0n) is 16.3. The molecule has 0 atom stereocenters. The van der Waals surface area contributed by atoms with E-state index >= 15 is 0 Å². The van der Waals surface area contributed by atoms with Crippen molar-refractivity contribution in [3.63, 3.8) is 0 Å². The molecule has 0 fully saturated rings. The van der Waals surface area contributed by atoms with Gasteiger partial charge in [0.2, 0.25) is 0 Å². The van der Waals surface area contributed by atoms with Crippen molar-refractivity contribution >= 4 is 47.3 Å². The van der Waals surface area contributed by atoms with Crippen LogP contribution in [0.4, 0.5) is 0 Å². The molecule has 0 aliphatic carbocycles. The normalized spacial score (nSPS) is 11.3. The van der Waals surface area contributed by atoms with Gasteiger partial charge in [0.1, 0.15) is 0 Å². The van der Waals surface area contributed by atoms with E-state index in [1.165, 1.54) is 8.79 Å². The van der Waals surface area contributed by atoms with Gasteiger partial charge in [0, 0.05) is 0 Å². The molecule has 4 nitrogen and oxygen atoms in total. The molecule has 0 spiro atoms. The van der Waals surface area contributed by atoms with Crippen molar-refractivity contribution in [3.05, 3.63) is 59.7 Å². The molecule has 2 rings (SSSR count). The molecule has 6 heteroatoms. The standard InChI is InChI=1S/2C10H14GeO2/c2*1-11(2,3)9-6-4-8(5-7-9)10(12)13/h2*4-7H,1-3H3,(H,12,13). The Hall–Kier alpha value is -1.53. The third-order valence-electron chi connectivity index (χ3n) is 4.00. The van der Waals surface area contributed by atoms with E-state index in [9.17, 15) is 9.59 Å². The van der Waals surface area contributed by atoms with Gasteiger partial charge in [-0.05, 0) is 0 Å². The van der Waals surface area contributed by atoms with E-state index in [2.05, 4.69) is 34.5 Å². The summed E-state index contributed by atoms with van der Waals surface area (Å²) in [5, 5.41) is 17.4. The molecule has 0 unspecified atom stereocenters.